The Morgan fingerprint density at radius 3 is 2.72 bits per heavy atom. The van der Waals surface area contributed by atoms with Crippen molar-refractivity contribution in [2.24, 2.45) is 0 Å². The summed E-state index contributed by atoms with van der Waals surface area (Å²) in [5.74, 6) is 0.0720. The Labute approximate surface area is 154 Å². The van der Waals surface area contributed by atoms with Crippen LogP contribution in [0.2, 0.25) is 4.34 Å². The third kappa shape index (κ3) is 4.91. The van der Waals surface area contributed by atoms with Crippen molar-refractivity contribution in [1.82, 2.24) is 4.90 Å². The van der Waals surface area contributed by atoms with Gasteiger partial charge in [0.2, 0.25) is 5.91 Å². The molecule has 1 atom stereocenters. The Bertz CT molecular complexity index is 780. The molecule has 0 saturated carbocycles. The van der Waals surface area contributed by atoms with Crippen LogP contribution in [0.25, 0.3) is 0 Å². The third-order valence-electron chi connectivity index (χ3n) is 3.73. The highest BCUT2D eigenvalue weighted by Gasteiger charge is 2.21. The van der Waals surface area contributed by atoms with Gasteiger partial charge in [0.05, 0.1) is 28.1 Å². The van der Waals surface area contributed by atoms with Crippen LogP contribution in [0.3, 0.4) is 0 Å². The Morgan fingerprint density at radius 1 is 1.44 bits per heavy atom. The largest absolute Gasteiger partial charge is 0.495 e. The molecule has 7 nitrogen and oxygen atoms in total. The van der Waals surface area contributed by atoms with Gasteiger partial charge in [-0.25, -0.2) is 0 Å². The molecule has 2 aromatic rings. The topological polar surface area (TPSA) is 84.7 Å². The number of nitro benzene ring substituents is 1. The Balaban J connectivity index is 2.09. The lowest BCUT2D eigenvalue weighted by Crippen LogP contribution is -2.39. The molecule has 0 spiro atoms. The molecule has 1 aromatic carbocycles. The normalized spacial score (nSPS) is 12.0. The maximum atomic E-state index is 12.5. The number of nitro groups is 1. The third-order valence-corrected chi connectivity index (χ3v) is 4.94. The zero-order chi connectivity index (χ0) is 18.6. The minimum Gasteiger partial charge on any atom is -0.495 e. The average molecular weight is 384 g/mol. The number of hydrogen-bond acceptors (Lipinski definition) is 6. The Kier molecular flexibility index (Phi) is 6.35. The van der Waals surface area contributed by atoms with E-state index >= 15 is 0 Å². The number of halogens is 1. The number of carbonyl (C=O) groups is 1. The van der Waals surface area contributed by atoms with E-state index in [1.54, 1.807) is 6.92 Å². The number of thiophene rings is 1. The van der Waals surface area contributed by atoms with Gasteiger partial charge in [-0.15, -0.1) is 11.3 Å². The Morgan fingerprint density at radius 2 is 2.16 bits per heavy atom. The molecule has 0 bridgehead atoms. The fourth-order valence-corrected chi connectivity index (χ4v) is 3.32. The lowest BCUT2D eigenvalue weighted by molar-refractivity contribution is -0.384. The molecule has 1 N–H and O–H groups in total. The number of rotatable bonds is 7. The summed E-state index contributed by atoms with van der Waals surface area (Å²) in [5, 5.41) is 13.6. The van der Waals surface area contributed by atoms with E-state index in [9.17, 15) is 14.9 Å². The van der Waals surface area contributed by atoms with Crippen molar-refractivity contribution in [2.75, 3.05) is 19.5 Å². The highest BCUT2D eigenvalue weighted by Crippen LogP contribution is 2.29. The summed E-state index contributed by atoms with van der Waals surface area (Å²) in [5.41, 5.74) is 0.145. The van der Waals surface area contributed by atoms with E-state index in [-0.39, 0.29) is 17.3 Å². The number of anilines is 1. The van der Waals surface area contributed by atoms with Gasteiger partial charge in [0.25, 0.3) is 5.69 Å². The molecule has 1 amide bonds. The number of nitrogens with zero attached hydrogens (tertiary/aromatic N) is 2. The van der Waals surface area contributed by atoms with Crippen molar-refractivity contribution >= 4 is 40.2 Å². The van der Waals surface area contributed by atoms with Crippen molar-refractivity contribution in [3.05, 3.63) is 49.7 Å². The first-order valence-corrected chi connectivity index (χ1v) is 8.59. The zero-order valence-electron chi connectivity index (χ0n) is 14.0. The van der Waals surface area contributed by atoms with E-state index in [0.717, 1.165) is 4.88 Å². The fourth-order valence-electron chi connectivity index (χ4n) is 2.16. The smallest absolute Gasteiger partial charge is 0.271 e. The van der Waals surface area contributed by atoms with Crippen LogP contribution >= 0.6 is 22.9 Å². The number of amides is 1. The fraction of sp³-hybridized carbons (Fsp3) is 0.312. The first-order chi connectivity index (χ1) is 11.8. The summed E-state index contributed by atoms with van der Waals surface area (Å²) in [6.45, 7) is 2.33. The number of methoxy groups -OCH3 is 1. The molecule has 0 aliphatic carbocycles. The number of ether oxygens (including phenoxy) is 1. The molecule has 9 heteroatoms. The molecule has 1 heterocycles. The van der Waals surface area contributed by atoms with Gasteiger partial charge in [-0.2, -0.15) is 0 Å². The number of nitrogens with one attached hydrogen (secondary N) is 1. The number of non-ortho nitro benzene ring substituents is 1. The number of benzene rings is 1. The van der Waals surface area contributed by atoms with E-state index in [1.807, 2.05) is 24.1 Å². The standard InChI is InChI=1S/C16H18ClN3O4S/c1-10(19(2)9-12-5-7-15(17)25-12)16(21)18-13-8-11(20(22)23)4-6-14(13)24-3/h4-8,10H,9H2,1-3H3,(H,18,21)/t10-/m0/s1. The van der Waals surface area contributed by atoms with Crippen LogP contribution in [0.5, 0.6) is 5.75 Å². The molecule has 0 saturated heterocycles. The second-order valence-electron chi connectivity index (χ2n) is 5.43. The molecule has 134 valence electrons. The maximum Gasteiger partial charge on any atom is 0.271 e. The molecule has 0 unspecified atom stereocenters. The molecule has 0 aliphatic rings. The minimum absolute atomic E-state index is 0.120. The second kappa shape index (κ2) is 8.28. The molecule has 0 aliphatic heterocycles. The van der Waals surface area contributed by atoms with Gasteiger partial charge in [-0.1, -0.05) is 11.6 Å². The molecule has 0 fully saturated rings. The van der Waals surface area contributed by atoms with Crippen molar-refractivity contribution < 1.29 is 14.5 Å². The van der Waals surface area contributed by atoms with E-state index in [2.05, 4.69) is 5.32 Å². The summed E-state index contributed by atoms with van der Waals surface area (Å²) in [4.78, 5) is 25.8. The number of likely N-dealkylation sites (N-methyl/N-ethyl adjacent to an activating group) is 1. The van der Waals surface area contributed by atoms with Crippen molar-refractivity contribution in [2.45, 2.75) is 19.5 Å². The Hall–Kier alpha value is -2.16. The zero-order valence-corrected chi connectivity index (χ0v) is 15.6. The molecular weight excluding hydrogens is 366 g/mol. The highest BCUT2D eigenvalue weighted by molar-refractivity contribution is 7.16. The van der Waals surface area contributed by atoms with Crippen molar-refractivity contribution in [3.63, 3.8) is 0 Å². The highest BCUT2D eigenvalue weighted by atomic mass is 35.5. The molecule has 1 aromatic heterocycles. The molecular formula is C16H18ClN3O4S. The second-order valence-corrected chi connectivity index (χ2v) is 7.23. The van der Waals surface area contributed by atoms with Crippen LogP contribution in [0, 0.1) is 10.1 Å². The van der Waals surface area contributed by atoms with Crippen molar-refractivity contribution in [1.29, 1.82) is 0 Å². The predicted octanol–water partition coefficient (Wildman–Crippen LogP) is 3.78. The summed E-state index contributed by atoms with van der Waals surface area (Å²) < 4.78 is 5.85. The minimum atomic E-state index is -0.523. The van der Waals surface area contributed by atoms with E-state index < -0.39 is 11.0 Å². The van der Waals surface area contributed by atoms with E-state index in [4.69, 9.17) is 16.3 Å². The SMILES string of the molecule is COc1ccc([N+](=O)[O-])cc1NC(=O)[C@H](C)N(C)Cc1ccc(Cl)s1. The predicted molar refractivity (Wildman–Crippen MR) is 98.5 cm³/mol. The first kappa shape index (κ1) is 19.2. The van der Waals surface area contributed by atoms with Gasteiger partial charge in [0.1, 0.15) is 5.75 Å². The quantitative estimate of drug-likeness (QED) is 0.581. The molecule has 2 rings (SSSR count). The van der Waals surface area contributed by atoms with Gasteiger partial charge in [-0.3, -0.25) is 19.8 Å². The number of carbonyl (C=O) groups excluding carboxylic acids is 1. The van der Waals surface area contributed by atoms with Crippen LogP contribution in [0.4, 0.5) is 11.4 Å². The van der Waals surface area contributed by atoms with Gasteiger partial charge in [0.15, 0.2) is 0 Å². The average Bonchev–Trinajstić information content (AvgIpc) is 2.98. The molecule has 25 heavy (non-hydrogen) atoms. The van der Waals surface area contributed by atoms with Crippen LogP contribution < -0.4 is 10.1 Å². The van der Waals surface area contributed by atoms with Crippen LogP contribution in [0.1, 0.15) is 11.8 Å². The number of hydrogen-bond donors (Lipinski definition) is 1. The van der Waals surface area contributed by atoms with Gasteiger partial charge >= 0.3 is 0 Å². The first-order valence-electron chi connectivity index (χ1n) is 7.39. The van der Waals surface area contributed by atoms with Crippen LogP contribution in [-0.2, 0) is 11.3 Å². The van der Waals surface area contributed by atoms with Crippen molar-refractivity contribution in [3.8, 4) is 5.75 Å². The van der Waals surface area contributed by atoms with E-state index in [0.29, 0.717) is 16.6 Å². The summed E-state index contributed by atoms with van der Waals surface area (Å²) in [6, 6.07) is 7.33. The van der Waals surface area contributed by atoms with Gasteiger partial charge in [-0.05, 0) is 32.2 Å². The maximum absolute atomic E-state index is 12.5. The lowest BCUT2D eigenvalue weighted by atomic mass is 10.2. The van der Waals surface area contributed by atoms with Crippen LogP contribution in [0.15, 0.2) is 30.3 Å². The molecule has 0 radical (unpaired) electrons. The lowest BCUT2D eigenvalue weighted by Gasteiger charge is -2.23. The summed E-state index contributed by atoms with van der Waals surface area (Å²) in [7, 11) is 3.26. The monoisotopic (exact) mass is 383 g/mol. The van der Waals surface area contributed by atoms with E-state index in [1.165, 1.54) is 36.6 Å². The van der Waals surface area contributed by atoms with Gasteiger partial charge in [0, 0.05) is 23.6 Å². The van der Waals surface area contributed by atoms with Gasteiger partial charge < -0.3 is 10.1 Å². The summed E-state index contributed by atoms with van der Waals surface area (Å²) >= 11 is 7.38. The summed E-state index contributed by atoms with van der Waals surface area (Å²) in [6.07, 6.45) is 0. The van der Waals surface area contributed by atoms with Crippen LogP contribution in [-0.4, -0.2) is 35.9 Å².